The Labute approximate surface area is 100 Å². The van der Waals surface area contributed by atoms with Crippen LogP contribution in [0.15, 0.2) is 18.3 Å². The minimum atomic E-state index is 0.146. The molecule has 2 rings (SSSR count). The van der Waals surface area contributed by atoms with E-state index in [0.29, 0.717) is 6.54 Å². The number of ether oxygens (including phenoxy) is 1. The minimum Gasteiger partial charge on any atom is -0.374 e. The number of hydrogen-bond acceptors (Lipinski definition) is 4. The highest BCUT2D eigenvalue weighted by atomic mass is 35.5. The van der Waals surface area contributed by atoms with Gasteiger partial charge < -0.3 is 10.5 Å². The zero-order chi connectivity index (χ0) is 11.4. The topological polar surface area (TPSA) is 51.4 Å². The van der Waals surface area contributed by atoms with Crippen molar-refractivity contribution in [3.63, 3.8) is 0 Å². The average molecular weight is 242 g/mol. The summed E-state index contributed by atoms with van der Waals surface area (Å²) in [5, 5.41) is 0.730. The summed E-state index contributed by atoms with van der Waals surface area (Å²) in [7, 11) is 0. The third-order valence-electron chi connectivity index (χ3n) is 2.65. The molecule has 0 aliphatic carbocycles. The quantitative estimate of drug-likeness (QED) is 0.854. The van der Waals surface area contributed by atoms with Crippen LogP contribution in [0.1, 0.15) is 5.69 Å². The van der Waals surface area contributed by atoms with Gasteiger partial charge in [0.15, 0.2) is 0 Å². The molecule has 5 heteroatoms. The number of hydrogen-bond donors (Lipinski definition) is 1. The van der Waals surface area contributed by atoms with Crippen LogP contribution in [0.4, 0.5) is 0 Å². The predicted octanol–water partition coefficient (Wildman–Crippen LogP) is 0.894. The molecule has 1 saturated heterocycles. The van der Waals surface area contributed by atoms with Gasteiger partial charge >= 0.3 is 0 Å². The molecule has 88 valence electrons. The molecule has 1 aliphatic rings. The van der Waals surface area contributed by atoms with Crippen molar-refractivity contribution in [2.75, 3.05) is 26.2 Å². The van der Waals surface area contributed by atoms with E-state index in [0.717, 1.165) is 37.0 Å². The lowest BCUT2D eigenvalue weighted by Crippen LogP contribution is -2.45. The molecule has 0 radical (unpaired) electrons. The predicted molar refractivity (Wildman–Crippen MR) is 63.3 cm³/mol. The third kappa shape index (κ3) is 3.15. The molecule has 1 atom stereocenters. The molecule has 1 aliphatic heterocycles. The van der Waals surface area contributed by atoms with Gasteiger partial charge in [-0.1, -0.05) is 11.6 Å². The van der Waals surface area contributed by atoms with E-state index in [1.54, 1.807) is 12.3 Å². The van der Waals surface area contributed by atoms with E-state index in [1.165, 1.54) is 0 Å². The van der Waals surface area contributed by atoms with E-state index in [9.17, 15) is 0 Å². The van der Waals surface area contributed by atoms with Crippen molar-refractivity contribution in [2.45, 2.75) is 12.6 Å². The lowest BCUT2D eigenvalue weighted by Gasteiger charge is -2.31. The first-order chi connectivity index (χ1) is 7.78. The summed E-state index contributed by atoms with van der Waals surface area (Å²) in [6.45, 7) is 3.90. The Kier molecular flexibility index (Phi) is 4.12. The van der Waals surface area contributed by atoms with E-state index in [4.69, 9.17) is 22.1 Å². The molecule has 0 bridgehead atoms. The lowest BCUT2D eigenvalue weighted by molar-refractivity contribution is -0.0264. The van der Waals surface area contributed by atoms with Crippen molar-refractivity contribution in [3.05, 3.63) is 29.0 Å². The Balaban J connectivity index is 1.94. The number of aromatic nitrogens is 1. The number of morpholine rings is 1. The zero-order valence-electron chi connectivity index (χ0n) is 9.10. The van der Waals surface area contributed by atoms with E-state index in [2.05, 4.69) is 9.88 Å². The molecule has 1 fully saturated rings. The molecule has 4 nitrogen and oxygen atoms in total. The van der Waals surface area contributed by atoms with Gasteiger partial charge in [0.2, 0.25) is 0 Å². The number of nitrogens with zero attached hydrogens (tertiary/aromatic N) is 2. The van der Waals surface area contributed by atoms with Crippen LogP contribution in [-0.2, 0) is 11.3 Å². The third-order valence-corrected chi connectivity index (χ3v) is 2.89. The Bertz CT molecular complexity index is 348. The van der Waals surface area contributed by atoms with Crippen molar-refractivity contribution >= 4 is 11.6 Å². The molecule has 0 amide bonds. The summed E-state index contributed by atoms with van der Waals surface area (Å²) in [4.78, 5) is 6.58. The summed E-state index contributed by atoms with van der Waals surface area (Å²) < 4.78 is 5.51. The van der Waals surface area contributed by atoms with E-state index in [1.807, 2.05) is 6.07 Å². The second kappa shape index (κ2) is 5.59. The van der Waals surface area contributed by atoms with Crippen molar-refractivity contribution in [3.8, 4) is 0 Å². The fourth-order valence-corrected chi connectivity index (χ4v) is 2.01. The molecule has 2 N–H and O–H groups in total. The molecular weight excluding hydrogens is 226 g/mol. The number of nitrogens with two attached hydrogens (primary N) is 1. The van der Waals surface area contributed by atoms with Gasteiger partial charge in [0.25, 0.3) is 0 Å². The maximum atomic E-state index is 5.92. The van der Waals surface area contributed by atoms with Crippen LogP contribution in [0.2, 0.25) is 5.02 Å². The summed E-state index contributed by atoms with van der Waals surface area (Å²) >= 11 is 5.92. The summed E-state index contributed by atoms with van der Waals surface area (Å²) in [5.41, 5.74) is 6.59. The van der Waals surface area contributed by atoms with Crippen LogP contribution in [0, 0.1) is 0 Å². The molecule has 16 heavy (non-hydrogen) atoms. The first kappa shape index (κ1) is 11.8. The molecular formula is C11H16ClN3O. The van der Waals surface area contributed by atoms with Crippen LogP contribution in [0.25, 0.3) is 0 Å². The minimum absolute atomic E-state index is 0.146. The lowest BCUT2D eigenvalue weighted by atomic mass is 10.2. The Morgan fingerprint density at radius 2 is 2.50 bits per heavy atom. The first-order valence-corrected chi connectivity index (χ1v) is 5.80. The number of rotatable bonds is 3. The van der Waals surface area contributed by atoms with Gasteiger partial charge in [-0.3, -0.25) is 9.88 Å². The first-order valence-electron chi connectivity index (χ1n) is 5.42. The highest BCUT2D eigenvalue weighted by molar-refractivity contribution is 6.30. The number of pyridine rings is 1. The molecule has 0 aromatic carbocycles. The van der Waals surface area contributed by atoms with Gasteiger partial charge in [0.05, 0.1) is 18.4 Å². The standard InChI is InChI=1S/C11H16ClN3O/c12-9-1-2-14-10(5-9)7-15-3-4-16-11(6-13)8-15/h1-2,5,11H,3-4,6-8,13H2. The largest absolute Gasteiger partial charge is 0.374 e. The molecule has 2 heterocycles. The van der Waals surface area contributed by atoms with Crippen LogP contribution < -0.4 is 5.73 Å². The van der Waals surface area contributed by atoms with Crippen molar-refractivity contribution in [1.82, 2.24) is 9.88 Å². The molecule has 0 spiro atoms. The maximum absolute atomic E-state index is 5.92. The van der Waals surface area contributed by atoms with Crippen LogP contribution >= 0.6 is 11.6 Å². The van der Waals surface area contributed by atoms with Crippen molar-refractivity contribution in [1.29, 1.82) is 0 Å². The van der Waals surface area contributed by atoms with Crippen LogP contribution in [-0.4, -0.2) is 42.2 Å². The summed E-state index contributed by atoms with van der Waals surface area (Å²) in [6, 6.07) is 3.68. The second-order valence-corrected chi connectivity index (χ2v) is 4.37. The highest BCUT2D eigenvalue weighted by Gasteiger charge is 2.19. The average Bonchev–Trinajstić information content (AvgIpc) is 2.29. The zero-order valence-corrected chi connectivity index (χ0v) is 9.86. The van der Waals surface area contributed by atoms with E-state index < -0.39 is 0 Å². The highest BCUT2D eigenvalue weighted by Crippen LogP contribution is 2.12. The van der Waals surface area contributed by atoms with Crippen molar-refractivity contribution < 1.29 is 4.74 Å². The van der Waals surface area contributed by atoms with Gasteiger partial charge in [-0.05, 0) is 12.1 Å². The monoisotopic (exact) mass is 241 g/mol. The fraction of sp³-hybridized carbons (Fsp3) is 0.545. The van der Waals surface area contributed by atoms with Crippen molar-refractivity contribution in [2.24, 2.45) is 5.73 Å². The Morgan fingerprint density at radius 1 is 1.62 bits per heavy atom. The number of halogens is 1. The van der Waals surface area contributed by atoms with Gasteiger partial charge in [-0.2, -0.15) is 0 Å². The normalized spacial score (nSPS) is 22.2. The van der Waals surface area contributed by atoms with Gasteiger partial charge in [0, 0.05) is 37.4 Å². The van der Waals surface area contributed by atoms with Crippen LogP contribution in [0.3, 0.4) is 0 Å². The molecule has 1 aromatic rings. The van der Waals surface area contributed by atoms with E-state index in [-0.39, 0.29) is 6.10 Å². The molecule has 0 saturated carbocycles. The fourth-order valence-electron chi connectivity index (χ4n) is 1.83. The van der Waals surface area contributed by atoms with Gasteiger partial charge in [-0.25, -0.2) is 0 Å². The molecule has 1 aromatic heterocycles. The summed E-state index contributed by atoms with van der Waals surface area (Å²) in [5.74, 6) is 0. The second-order valence-electron chi connectivity index (χ2n) is 3.93. The van der Waals surface area contributed by atoms with E-state index >= 15 is 0 Å². The van der Waals surface area contributed by atoms with Crippen LogP contribution in [0.5, 0.6) is 0 Å². The molecule has 1 unspecified atom stereocenters. The Morgan fingerprint density at radius 3 is 3.25 bits per heavy atom. The summed E-state index contributed by atoms with van der Waals surface area (Å²) in [6.07, 6.45) is 1.88. The maximum Gasteiger partial charge on any atom is 0.0824 e. The SMILES string of the molecule is NCC1CN(Cc2cc(Cl)ccn2)CCO1. The van der Waals surface area contributed by atoms with Gasteiger partial charge in [0.1, 0.15) is 0 Å². The Hall–Kier alpha value is -0.680. The smallest absolute Gasteiger partial charge is 0.0824 e. The van der Waals surface area contributed by atoms with Gasteiger partial charge in [-0.15, -0.1) is 0 Å².